The fourth-order valence-electron chi connectivity index (χ4n) is 1.75. The Kier molecular flexibility index (Phi) is 3.78. The molecule has 0 spiro atoms. The van der Waals surface area contributed by atoms with Crippen LogP contribution in [0.1, 0.15) is 30.4 Å². The highest BCUT2D eigenvalue weighted by Crippen LogP contribution is 2.32. The summed E-state index contributed by atoms with van der Waals surface area (Å²) in [4.78, 5) is 0. The molecule has 0 atom stereocenters. The normalized spacial score (nSPS) is 16.9. The van der Waals surface area contributed by atoms with Crippen LogP contribution in [0.4, 0.5) is 13.2 Å². The maximum atomic E-state index is 12.5. The first kappa shape index (κ1) is 12.9. The van der Waals surface area contributed by atoms with Crippen LogP contribution in [0.3, 0.4) is 0 Å². The predicted octanol–water partition coefficient (Wildman–Crippen LogP) is 4.11. The highest BCUT2D eigenvalue weighted by atomic mass is 79.9. The summed E-state index contributed by atoms with van der Waals surface area (Å²) >= 11 is 3.28. The molecular weight excluding hydrogens is 295 g/mol. The Bertz CT molecular complexity index is 399. The summed E-state index contributed by atoms with van der Waals surface area (Å²) in [6.45, 7) is 0.481. The third-order valence-corrected chi connectivity index (χ3v) is 3.83. The van der Waals surface area contributed by atoms with Crippen LogP contribution in [0, 0.1) is 0 Å². The molecule has 1 N–H and O–H groups in total. The molecule has 0 aromatic heterocycles. The number of hydrogen-bond donors (Lipinski definition) is 1. The molecule has 1 fully saturated rings. The van der Waals surface area contributed by atoms with Crippen LogP contribution in [0.25, 0.3) is 0 Å². The van der Waals surface area contributed by atoms with Gasteiger partial charge in [-0.3, -0.25) is 0 Å². The number of nitrogens with one attached hydrogen (secondary N) is 1. The largest absolute Gasteiger partial charge is 0.416 e. The van der Waals surface area contributed by atoms with Crippen LogP contribution in [-0.4, -0.2) is 6.04 Å². The van der Waals surface area contributed by atoms with E-state index in [2.05, 4.69) is 21.2 Å². The van der Waals surface area contributed by atoms with Crippen molar-refractivity contribution >= 4 is 15.9 Å². The van der Waals surface area contributed by atoms with Crippen molar-refractivity contribution in [2.45, 2.75) is 38.0 Å². The molecule has 0 radical (unpaired) electrons. The molecule has 0 aliphatic heterocycles. The molecule has 0 saturated heterocycles. The van der Waals surface area contributed by atoms with Gasteiger partial charge in [-0.05, 0) is 36.6 Å². The van der Waals surface area contributed by atoms with E-state index in [1.165, 1.54) is 18.6 Å². The van der Waals surface area contributed by atoms with E-state index in [4.69, 9.17) is 0 Å². The van der Waals surface area contributed by atoms with Gasteiger partial charge in [0.25, 0.3) is 0 Å². The predicted molar refractivity (Wildman–Crippen MR) is 63.6 cm³/mol. The van der Waals surface area contributed by atoms with Gasteiger partial charge < -0.3 is 5.32 Å². The first-order valence-corrected chi connectivity index (χ1v) is 6.35. The Labute approximate surface area is 107 Å². The lowest BCUT2D eigenvalue weighted by molar-refractivity contribution is -0.137. The van der Waals surface area contributed by atoms with Gasteiger partial charge in [0.15, 0.2) is 0 Å². The molecule has 0 heterocycles. The number of alkyl halides is 3. The third kappa shape index (κ3) is 3.22. The van der Waals surface area contributed by atoms with Crippen molar-refractivity contribution in [1.82, 2.24) is 5.32 Å². The second-order valence-corrected chi connectivity index (χ2v) is 5.17. The first-order chi connectivity index (χ1) is 7.97. The fraction of sp³-hybridized carbons (Fsp3) is 0.500. The molecule has 2 rings (SSSR count). The van der Waals surface area contributed by atoms with Gasteiger partial charge >= 0.3 is 6.18 Å². The van der Waals surface area contributed by atoms with E-state index in [1.807, 2.05) is 0 Å². The highest BCUT2D eigenvalue weighted by molar-refractivity contribution is 9.10. The van der Waals surface area contributed by atoms with Gasteiger partial charge in [0, 0.05) is 17.1 Å². The summed E-state index contributed by atoms with van der Waals surface area (Å²) in [5, 5.41) is 3.26. The van der Waals surface area contributed by atoms with Gasteiger partial charge in [-0.15, -0.1) is 0 Å². The zero-order chi connectivity index (χ0) is 12.5. The van der Waals surface area contributed by atoms with Crippen molar-refractivity contribution in [3.8, 4) is 0 Å². The smallest absolute Gasteiger partial charge is 0.310 e. The molecule has 1 aliphatic rings. The third-order valence-electron chi connectivity index (χ3n) is 3.06. The molecule has 1 saturated carbocycles. The fourth-order valence-corrected chi connectivity index (χ4v) is 2.14. The summed E-state index contributed by atoms with van der Waals surface area (Å²) in [7, 11) is 0. The molecule has 0 bridgehead atoms. The lowest BCUT2D eigenvalue weighted by Crippen LogP contribution is -2.34. The van der Waals surface area contributed by atoms with Gasteiger partial charge in [0.05, 0.1) is 5.56 Å². The van der Waals surface area contributed by atoms with Crippen LogP contribution in [0.5, 0.6) is 0 Å². The number of rotatable bonds is 3. The minimum atomic E-state index is -4.27. The summed E-state index contributed by atoms with van der Waals surface area (Å²) in [6.07, 6.45) is -0.819. The Morgan fingerprint density at radius 3 is 2.53 bits per heavy atom. The topological polar surface area (TPSA) is 12.0 Å². The van der Waals surface area contributed by atoms with Gasteiger partial charge in [0.2, 0.25) is 0 Å². The molecular formula is C12H13BrF3N. The van der Waals surface area contributed by atoms with Crippen molar-refractivity contribution in [3.05, 3.63) is 33.8 Å². The van der Waals surface area contributed by atoms with Crippen molar-refractivity contribution < 1.29 is 13.2 Å². The molecule has 1 aliphatic carbocycles. The van der Waals surface area contributed by atoms with Crippen molar-refractivity contribution in [1.29, 1.82) is 0 Å². The van der Waals surface area contributed by atoms with Crippen molar-refractivity contribution in [2.24, 2.45) is 0 Å². The highest BCUT2D eigenvalue weighted by Gasteiger charge is 2.30. The number of benzene rings is 1. The number of halogens is 4. The molecule has 0 amide bonds. The molecule has 17 heavy (non-hydrogen) atoms. The SMILES string of the molecule is FC(F)(F)c1ccc(Br)c(CNC2CCC2)c1. The molecule has 1 aromatic carbocycles. The van der Waals surface area contributed by atoms with Crippen LogP contribution in [0.15, 0.2) is 22.7 Å². The van der Waals surface area contributed by atoms with E-state index >= 15 is 0 Å². The maximum Gasteiger partial charge on any atom is 0.416 e. The van der Waals surface area contributed by atoms with Gasteiger partial charge in [-0.2, -0.15) is 13.2 Å². The van der Waals surface area contributed by atoms with Gasteiger partial charge in [-0.1, -0.05) is 22.4 Å². The standard InChI is InChI=1S/C12H13BrF3N/c13-11-5-4-9(12(14,15)16)6-8(11)7-17-10-2-1-3-10/h4-6,10,17H,1-3,7H2. The van der Waals surface area contributed by atoms with E-state index in [1.54, 1.807) is 0 Å². The zero-order valence-corrected chi connectivity index (χ0v) is 10.7. The van der Waals surface area contributed by atoms with Crippen molar-refractivity contribution in [3.63, 3.8) is 0 Å². The Hall–Kier alpha value is -0.550. The monoisotopic (exact) mass is 307 g/mol. The average molecular weight is 308 g/mol. The Morgan fingerprint density at radius 2 is 2.00 bits per heavy atom. The lowest BCUT2D eigenvalue weighted by Gasteiger charge is -2.26. The Balaban J connectivity index is 2.08. The summed E-state index contributed by atoms with van der Waals surface area (Å²) in [5.74, 6) is 0. The lowest BCUT2D eigenvalue weighted by atomic mass is 9.93. The van der Waals surface area contributed by atoms with Crippen molar-refractivity contribution in [2.75, 3.05) is 0 Å². The zero-order valence-electron chi connectivity index (χ0n) is 9.15. The van der Waals surface area contributed by atoms with E-state index in [-0.39, 0.29) is 0 Å². The van der Waals surface area contributed by atoms with Gasteiger partial charge in [0.1, 0.15) is 0 Å². The molecule has 1 aromatic rings. The quantitative estimate of drug-likeness (QED) is 0.886. The van der Waals surface area contributed by atoms with Crippen LogP contribution >= 0.6 is 15.9 Å². The Morgan fingerprint density at radius 1 is 1.29 bits per heavy atom. The molecule has 94 valence electrons. The second kappa shape index (κ2) is 4.98. The van der Waals surface area contributed by atoms with Crippen LogP contribution in [-0.2, 0) is 12.7 Å². The number of hydrogen-bond acceptors (Lipinski definition) is 1. The van der Waals surface area contributed by atoms with E-state index in [9.17, 15) is 13.2 Å². The summed E-state index contributed by atoms with van der Waals surface area (Å²) in [6, 6.07) is 4.23. The molecule has 5 heteroatoms. The van der Waals surface area contributed by atoms with E-state index in [0.29, 0.717) is 18.2 Å². The molecule has 1 nitrogen and oxygen atoms in total. The minimum Gasteiger partial charge on any atom is -0.310 e. The van der Waals surface area contributed by atoms with E-state index in [0.717, 1.165) is 23.4 Å². The minimum absolute atomic E-state index is 0.469. The van der Waals surface area contributed by atoms with Crippen LogP contribution in [0.2, 0.25) is 0 Å². The second-order valence-electron chi connectivity index (χ2n) is 4.31. The summed E-state index contributed by atoms with van der Waals surface area (Å²) in [5.41, 5.74) is 0.0674. The molecule has 0 unspecified atom stereocenters. The van der Waals surface area contributed by atoms with Crippen LogP contribution < -0.4 is 5.32 Å². The maximum absolute atomic E-state index is 12.5. The first-order valence-electron chi connectivity index (χ1n) is 5.56. The summed E-state index contributed by atoms with van der Waals surface area (Å²) < 4.78 is 38.3. The van der Waals surface area contributed by atoms with Gasteiger partial charge in [-0.25, -0.2) is 0 Å². The average Bonchev–Trinajstić information content (AvgIpc) is 2.16. The van der Waals surface area contributed by atoms with E-state index < -0.39 is 11.7 Å².